The zero-order valence-electron chi connectivity index (χ0n) is 10.0. The van der Waals surface area contributed by atoms with E-state index in [1.165, 1.54) is 0 Å². The van der Waals surface area contributed by atoms with Crippen LogP contribution in [0.3, 0.4) is 0 Å². The topological polar surface area (TPSA) is 70.3 Å². The highest BCUT2D eigenvalue weighted by atomic mass is 16.3. The highest BCUT2D eigenvalue weighted by Crippen LogP contribution is 2.18. The van der Waals surface area contributed by atoms with Crippen molar-refractivity contribution in [1.82, 2.24) is 15.1 Å². The third-order valence-corrected chi connectivity index (χ3v) is 3.31. The first-order valence-electron chi connectivity index (χ1n) is 6.31. The molecule has 0 saturated heterocycles. The molecule has 96 valence electrons. The number of aliphatic hydroxyl groups is 2. The number of nitrogens with one attached hydrogen (secondary N) is 1. The Morgan fingerprint density at radius 3 is 2.82 bits per heavy atom. The lowest BCUT2D eigenvalue weighted by atomic mass is 9.93. The van der Waals surface area contributed by atoms with Gasteiger partial charge in [-0.2, -0.15) is 5.10 Å². The lowest BCUT2D eigenvalue weighted by Gasteiger charge is -2.26. The molecule has 0 unspecified atom stereocenters. The lowest BCUT2D eigenvalue weighted by Crippen LogP contribution is -2.34. The number of hydrogen-bond donors (Lipinski definition) is 3. The van der Waals surface area contributed by atoms with Gasteiger partial charge >= 0.3 is 0 Å². The van der Waals surface area contributed by atoms with Crippen LogP contribution in [0.15, 0.2) is 12.4 Å². The monoisotopic (exact) mass is 239 g/mol. The van der Waals surface area contributed by atoms with Gasteiger partial charge in [-0.15, -0.1) is 0 Å². The standard InChI is InChI=1S/C12H21N3O2/c16-6-5-15-9-10(8-14-15)7-13-11-1-3-12(17)4-2-11/h8-9,11-13,16-17H,1-7H2. The summed E-state index contributed by atoms with van der Waals surface area (Å²) in [4.78, 5) is 0. The Bertz CT molecular complexity index is 332. The van der Waals surface area contributed by atoms with Gasteiger partial charge in [-0.05, 0) is 25.7 Å². The average Bonchev–Trinajstić information content (AvgIpc) is 2.77. The number of nitrogens with zero attached hydrogens (tertiary/aromatic N) is 2. The first-order valence-corrected chi connectivity index (χ1v) is 6.31. The number of aliphatic hydroxyl groups excluding tert-OH is 2. The average molecular weight is 239 g/mol. The van der Waals surface area contributed by atoms with Gasteiger partial charge in [0.25, 0.3) is 0 Å². The van der Waals surface area contributed by atoms with E-state index in [-0.39, 0.29) is 12.7 Å². The van der Waals surface area contributed by atoms with Gasteiger partial charge < -0.3 is 15.5 Å². The first kappa shape index (κ1) is 12.5. The van der Waals surface area contributed by atoms with Crippen LogP contribution >= 0.6 is 0 Å². The molecule has 1 aliphatic carbocycles. The molecule has 0 radical (unpaired) electrons. The zero-order valence-corrected chi connectivity index (χ0v) is 10.0. The minimum atomic E-state index is -0.0969. The van der Waals surface area contributed by atoms with Crippen LogP contribution in [0.25, 0.3) is 0 Å². The molecule has 5 nitrogen and oxygen atoms in total. The van der Waals surface area contributed by atoms with Crippen LogP contribution < -0.4 is 5.32 Å². The van der Waals surface area contributed by atoms with E-state index < -0.39 is 0 Å². The summed E-state index contributed by atoms with van der Waals surface area (Å²) in [6.07, 6.45) is 7.60. The van der Waals surface area contributed by atoms with Crippen molar-refractivity contribution < 1.29 is 10.2 Å². The first-order chi connectivity index (χ1) is 8.28. The molecule has 5 heteroatoms. The van der Waals surface area contributed by atoms with Crippen molar-refractivity contribution in [2.75, 3.05) is 6.61 Å². The molecular formula is C12H21N3O2. The fraction of sp³-hybridized carbons (Fsp3) is 0.750. The van der Waals surface area contributed by atoms with Crippen molar-refractivity contribution in [3.8, 4) is 0 Å². The maximum Gasteiger partial charge on any atom is 0.0640 e. The zero-order chi connectivity index (χ0) is 12.1. The van der Waals surface area contributed by atoms with Crippen molar-refractivity contribution in [1.29, 1.82) is 0 Å². The Hall–Kier alpha value is -0.910. The van der Waals surface area contributed by atoms with Gasteiger partial charge in [-0.3, -0.25) is 4.68 Å². The normalized spacial score (nSPS) is 25.1. The molecular weight excluding hydrogens is 218 g/mol. The molecule has 1 saturated carbocycles. The van der Waals surface area contributed by atoms with Crippen LogP contribution in [0.2, 0.25) is 0 Å². The van der Waals surface area contributed by atoms with Gasteiger partial charge in [0.1, 0.15) is 0 Å². The number of aromatic nitrogens is 2. The van der Waals surface area contributed by atoms with Gasteiger partial charge in [0.15, 0.2) is 0 Å². The van der Waals surface area contributed by atoms with E-state index in [1.807, 2.05) is 12.4 Å². The van der Waals surface area contributed by atoms with E-state index in [9.17, 15) is 5.11 Å². The minimum Gasteiger partial charge on any atom is -0.394 e. The summed E-state index contributed by atoms with van der Waals surface area (Å²) in [5.41, 5.74) is 1.14. The molecule has 1 aromatic rings. The number of hydrogen-bond acceptors (Lipinski definition) is 4. The smallest absolute Gasteiger partial charge is 0.0640 e. The van der Waals surface area contributed by atoms with Gasteiger partial charge in [-0.1, -0.05) is 0 Å². The SMILES string of the molecule is OCCn1cc(CNC2CCC(O)CC2)cn1. The Labute approximate surface area is 101 Å². The minimum absolute atomic E-state index is 0.0969. The summed E-state index contributed by atoms with van der Waals surface area (Å²) in [6.45, 7) is 1.48. The molecule has 17 heavy (non-hydrogen) atoms. The second kappa shape index (κ2) is 6.14. The quantitative estimate of drug-likeness (QED) is 0.690. The Morgan fingerprint density at radius 2 is 2.12 bits per heavy atom. The van der Waals surface area contributed by atoms with E-state index in [2.05, 4.69) is 10.4 Å². The molecule has 0 aliphatic heterocycles. The molecule has 1 aromatic heterocycles. The third-order valence-electron chi connectivity index (χ3n) is 3.31. The molecule has 3 N–H and O–H groups in total. The maximum absolute atomic E-state index is 9.41. The van der Waals surface area contributed by atoms with Crippen molar-refractivity contribution >= 4 is 0 Å². The van der Waals surface area contributed by atoms with Crippen LogP contribution in [0, 0.1) is 0 Å². The molecule has 1 aliphatic rings. The van der Waals surface area contributed by atoms with Crippen molar-refractivity contribution in [2.24, 2.45) is 0 Å². The van der Waals surface area contributed by atoms with Crippen LogP contribution in [0.1, 0.15) is 31.2 Å². The molecule has 0 atom stereocenters. The molecule has 0 spiro atoms. The molecule has 0 aromatic carbocycles. The van der Waals surface area contributed by atoms with Crippen molar-refractivity contribution in [3.63, 3.8) is 0 Å². The predicted octanol–water partition coefficient (Wildman–Crippen LogP) is 0.268. The van der Waals surface area contributed by atoms with Gasteiger partial charge in [0.2, 0.25) is 0 Å². The molecule has 1 heterocycles. The van der Waals surface area contributed by atoms with E-state index >= 15 is 0 Å². The molecule has 1 fully saturated rings. The lowest BCUT2D eigenvalue weighted by molar-refractivity contribution is 0.116. The summed E-state index contributed by atoms with van der Waals surface area (Å²) < 4.78 is 1.75. The highest BCUT2D eigenvalue weighted by Gasteiger charge is 2.18. The third kappa shape index (κ3) is 3.80. The Morgan fingerprint density at radius 1 is 1.35 bits per heavy atom. The number of rotatable bonds is 5. The second-order valence-electron chi connectivity index (χ2n) is 4.72. The summed E-state index contributed by atoms with van der Waals surface area (Å²) in [7, 11) is 0. The van der Waals surface area contributed by atoms with Crippen molar-refractivity contribution in [3.05, 3.63) is 18.0 Å². The van der Waals surface area contributed by atoms with Crippen molar-refractivity contribution in [2.45, 2.75) is 50.9 Å². The summed E-state index contributed by atoms with van der Waals surface area (Å²) in [5.74, 6) is 0. The second-order valence-corrected chi connectivity index (χ2v) is 4.72. The van der Waals surface area contributed by atoms with Crippen LogP contribution in [-0.4, -0.2) is 38.7 Å². The summed E-state index contributed by atoms with van der Waals surface area (Å²) in [5, 5.41) is 25.8. The molecule has 0 amide bonds. The van der Waals surface area contributed by atoms with Gasteiger partial charge in [-0.25, -0.2) is 0 Å². The van der Waals surface area contributed by atoms with E-state index in [0.717, 1.165) is 37.8 Å². The van der Waals surface area contributed by atoms with Crippen LogP contribution in [-0.2, 0) is 13.1 Å². The van der Waals surface area contributed by atoms with Gasteiger partial charge in [0, 0.05) is 24.3 Å². The highest BCUT2D eigenvalue weighted by molar-refractivity contribution is 5.03. The fourth-order valence-corrected chi connectivity index (χ4v) is 2.26. The summed E-state index contributed by atoms with van der Waals surface area (Å²) >= 11 is 0. The van der Waals surface area contributed by atoms with E-state index in [4.69, 9.17) is 5.11 Å². The molecule has 0 bridgehead atoms. The Balaban J connectivity index is 1.73. The maximum atomic E-state index is 9.41. The Kier molecular flexibility index (Phi) is 4.53. The predicted molar refractivity (Wildman–Crippen MR) is 64.4 cm³/mol. The molecule has 2 rings (SSSR count). The summed E-state index contributed by atoms with van der Waals surface area (Å²) in [6, 6.07) is 0.514. The van der Waals surface area contributed by atoms with Crippen LogP contribution in [0.5, 0.6) is 0 Å². The van der Waals surface area contributed by atoms with Crippen LogP contribution in [0.4, 0.5) is 0 Å². The van der Waals surface area contributed by atoms with E-state index in [0.29, 0.717) is 12.6 Å². The largest absolute Gasteiger partial charge is 0.394 e. The van der Waals surface area contributed by atoms with E-state index in [1.54, 1.807) is 4.68 Å². The van der Waals surface area contributed by atoms with Gasteiger partial charge in [0.05, 0.1) is 25.5 Å². The fourth-order valence-electron chi connectivity index (χ4n) is 2.26.